The molecule has 0 aliphatic carbocycles. The number of hydrogen-bond donors (Lipinski definition) is 0. The molecule has 0 unspecified atom stereocenters. The van der Waals surface area contributed by atoms with Crippen molar-refractivity contribution in [2.24, 2.45) is 0 Å². The molecule has 0 aliphatic heterocycles. The van der Waals surface area contributed by atoms with Gasteiger partial charge in [0.2, 0.25) is 5.09 Å². The van der Waals surface area contributed by atoms with Gasteiger partial charge >= 0.3 is 5.97 Å². The van der Waals surface area contributed by atoms with Crippen LogP contribution < -0.4 is 9.47 Å². The number of carbonyl (C=O) groups is 1. The standard InChI is InChI=1S/C16H18ClNO7S/c1-18(2)26(20,21)14-6-5-11(25-14)9-24-16(19)10-7-12(17)15(23-4)13(8-10)22-3/h5-8H,9H2,1-4H3. The van der Waals surface area contributed by atoms with E-state index in [1.807, 2.05) is 0 Å². The Labute approximate surface area is 156 Å². The van der Waals surface area contributed by atoms with Crippen molar-refractivity contribution >= 4 is 27.6 Å². The lowest BCUT2D eigenvalue weighted by Crippen LogP contribution is -2.21. The van der Waals surface area contributed by atoms with Crippen molar-refractivity contribution in [3.63, 3.8) is 0 Å². The molecular weight excluding hydrogens is 386 g/mol. The van der Waals surface area contributed by atoms with Crippen molar-refractivity contribution in [3.05, 3.63) is 40.6 Å². The van der Waals surface area contributed by atoms with Crippen LogP contribution in [0.3, 0.4) is 0 Å². The minimum Gasteiger partial charge on any atom is -0.493 e. The van der Waals surface area contributed by atoms with Crippen LogP contribution in [0.5, 0.6) is 11.5 Å². The maximum Gasteiger partial charge on any atom is 0.338 e. The van der Waals surface area contributed by atoms with Crippen LogP contribution in [0.25, 0.3) is 0 Å². The second-order valence-electron chi connectivity index (χ2n) is 5.28. The highest BCUT2D eigenvalue weighted by atomic mass is 35.5. The lowest BCUT2D eigenvalue weighted by molar-refractivity contribution is 0.0440. The molecule has 10 heteroatoms. The zero-order valence-corrected chi connectivity index (χ0v) is 16.2. The van der Waals surface area contributed by atoms with Crippen molar-refractivity contribution in [1.82, 2.24) is 4.31 Å². The molecule has 0 aliphatic rings. The summed E-state index contributed by atoms with van der Waals surface area (Å²) in [5, 5.41) is -0.0427. The highest BCUT2D eigenvalue weighted by Gasteiger charge is 2.22. The van der Waals surface area contributed by atoms with Crippen LogP contribution in [0.15, 0.2) is 33.8 Å². The third-order valence-corrected chi connectivity index (χ3v) is 5.36. The Bertz CT molecular complexity index is 905. The first-order valence-electron chi connectivity index (χ1n) is 7.30. The van der Waals surface area contributed by atoms with E-state index in [9.17, 15) is 13.2 Å². The van der Waals surface area contributed by atoms with Crippen molar-refractivity contribution < 1.29 is 31.8 Å². The molecule has 2 aromatic rings. The van der Waals surface area contributed by atoms with E-state index in [1.54, 1.807) is 0 Å². The van der Waals surface area contributed by atoms with Gasteiger partial charge in [-0.25, -0.2) is 17.5 Å². The molecule has 1 aromatic heterocycles. The van der Waals surface area contributed by atoms with Crippen LogP contribution in [0.1, 0.15) is 16.1 Å². The van der Waals surface area contributed by atoms with Gasteiger partial charge in [0.25, 0.3) is 10.0 Å². The average molecular weight is 404 g/mol. The molecule has 8 nitrogen and oxygen atoms in total. The quantitative estimate of drug-likeness (QED) is 0.655. The van der Waals surface area contributed by atoms with Gasteiger partial charge in [0.1, 0.15) is 12.4 Å². The fourth-order valence-electron chi connectivity index (χ4n) is 2.01. The van der Waals surface area contributed by atoms with Gasteiger partial charge in [0, 0.05) is 14.1 Å². The number of furan rings is 1. The third kappa shape index (κ3) is 4.12. The van der Waals surface area contributed by atoms with Gasteiger partial charge in [-0.05, 0) is 24.3 Å². The Morgan fingerprint density at radius 1 is 1.19 bits per heavy atom. The van der Waals surface area contributed by atoms with E-state index in [0.29, 0.717) is 5.75 Å². The number of esters is 1. The molecule has 0 N–H and O–H groups in total. The van der Waals surface area contributed by atoms with E-state index in [0.717, 1.165) is 4.31 Å². The van der Waals surface area contributed by atoms with E-state index in [4.69, 9.17) is 30.2 Å². The Balaban J connectivity index is 2.13. The second-order valence-corrected chi connectivity index (χ2v) is 7.77. The molecule has 0 spiro atoms. The monoisotopic (exact) mass is 403 g/mol. The topological polar surface area (TPSA) is 95.3 Å². The van der Waals surface area contributed by atoms with Gasteiger partial charge in [0.05, 0.1) is 24.8 Å². The van der Waals surface area contributed by atoms with Crippen LogP contribution in [-0.2, 0) is 21.4 Å². The molecule has 142 valence electrons. The minimum absolute atomic E-state index is 0.153. The Hall–Kier alpha value is -2.23. The number of ether oxygens (including phenoxy) is 3. The smallest absolute Gasteiger partial charge is 0.338 e. The van der Waals surface area contributed by atoms with E-state index >= 15 is 0 Å². The minimum atomic E-state index is -3.69. The number of benzene rings is 1. The fourth-order valence-corrected chi connectivity index (χ4v) is 3.11. The third-order valence-electron chi connectivity index (χ3n) is 3.39. The molecule has 0 bridgehead atoms. The van der Waals surface area contributed by atoms with Gasteiger partial charge < -0.3 is 18.6 Å². The van der Waals surface area contributed by atoms with Crippen LogP contribution >= 0.6 is 11.6 Å². The van der Waals surface area contributed by atoms with Crippen LogP contribution in [-0.4, -0.2) is 47.0 Å². The molecule has 26 heavy (non-hydrogen) atoms. The van der Waals surface area contributed by atoms with E-state index in [1.165, 1.54) is 52.6 Å². The Morgan fingerprint density at radius 2 is 1.88 bits per heavy atom. The average Bonchev–Trinajstić information content (AvgIpc) is 3.08. The van der Waals surface area contributed by atoms with Crippen LogP contribution in [0.2, 0.25) is 5.02 Å². The van der Waals surface area contributed by atoms with Crippen molar-refractivity contribution in [2.45, 2.75) is 11.7 Å². The molecule has 0 amide bonds. The van der Waals surface area contributed by atoms with Gasteiger partial charge in [0.15, 0.2) is 11.5 Å². The summed E-state index contributed by atoms with van der Waals surface area (Å²) in [6.45, 7) is -0.242. The maximum absolute atomic E-state index is 12.2. The summed E-state index contributed by atoms with van der Waals surface area (Å²) < 4.78 is 45.5. The highest BCUT2D eigenvalue weighted by Crippen LogP contribution is 2.36. The lowest BCUT2D eigenvalue weighted by atomic mass is 10.2. The summed E-state index contributed by atoms with van der Waals surface area (Å²) in [7, 11) is 1.93. The zero-order valence-electron chi connectivity index (χ0n) is 14.6. The summed E-state index contributed by atoms with van der Waals surface area (Å²) in [5.41, 5.74) is 0.153. The lowest BCUT2D eigenvalue weighted by Gasteiger charge is -2.11. The van der Waals surface area contributed by atoms with Crippen LogP contribution in [0, 0.1) is 0 Å². The molecular formula is C16H18ClNO7S. The number of rotatable bonds is 7. The Morgan fingerprint density at radius 3 is 2.46 bits per heavy atom. The predicted octanol–water partition coefficient (Wildman–Crippen LogP) is 2.56. The predicted molar refractivity (Wildman–Crippen MR) is 93.3 cm³/mol. The zero-order chi connectivity index (χ0) is 19.5. The Kier molecular flexibility index (Phi) is 6.17. The number of halogens is 1. The van der Waals surface area contributed by atoms with Gasteiger partial charge in [-0.15, -0.1) is 0 Å². The molecule has 1 aromatic carbocycles. The summed E-state index contributed by atoms with van der Waals surface area (Å²) >= 11 is 6.06. The highest BCUT2D eigenvalue weighted by molar-refractivity contribution is 7.88. The first kappa shape index (κ1) is 20.1. The molecule has 2 rings (SSSR count). The molecule has 1 heterocycles. The molecule has 0 saturated carbocycles. The van der Waals surface area contributed by atoms with Gasteiger partial charge in [-0.3, -0.25) is 0 Å². The summed E-state index contributed by atoms with van der Waals surface area (Å²) in [4.78, 5) is 12.2. The van der Waals surface area contributed by atoms with Crippen molar-refractivity contribution in [2.75, 3.05) is 28.3 Å². The number of nitrogens with zero attached hydrogens (tertiary/aromatic N) is 1. The van der Waals surface area contributed by atoms with Gasteiger partial charge in [-0.2, -0.15) is 0 Å². The normalized spacial score (nSPS) is 11.5. The second kappa shape index (κ2) is 7.98. The van der Waals surface area contributed by atoms with E-state index < -0.39 is 16.0 Å². The number of hydrogen-bond acceptors (Lipinski definition) is 7. The number of sulfonamides is 1. The molecule has 0 atom stereocenters. The number of methoxy groups -OCH3 is 2. The van der Waals surface area contributed by atoms with Crippen molar-refractivity contribution in [3.8, 4) is 11.5 Å². The first-order chi connectivity index (χ1) is 12.2. The van der Waals surface area contributed by atoms with E-state index in [2.05, 4.69) is 0 Å². The molecule has 0 saturated heterocycles. The molecule has 0 radical (unpaired) electrons. The molecule has 0 fully saturated rings. The summed E-state index contributed by atoms with van der Waals surface area (Å²) in [6.07, 6.45) is 0. The van der Waals surface area contributed by atoms with Crippen LogP contribution in [0.4, 0.5) is 0 Å². The summed E-state index contributed by atoms with van der Waals surface area (Å²) in [5.74, 6) is 0.0891. The first-order valence-corrected chi connectivity index (χ1v) is 9.12. The summed E-state index contributed by atoms with van der Waals surface area (Å²) in [6, 6.07) is 5.53. The van der Waals surface area contributed by atoms with Crippen molar-refractivity contribution in [1.29, 1.82) is 0 Å². The number of carbonyl (C=O) groups excluding carboxylic acids is 1. The van der Waals surface area contributed by atoms with E-state index in [-0.39, 0.29) is 33.8 Å². The SMILES string of the molecule is COc1cc(C(=O)OCc2ccc(S(=O)(=O)N(C)C)o2)cc(Cl)c1OC. The maximum atomic E-state index is 12.2. The van der Waals surface area contributed by atoms with Gasteiger partial charge in [-0.1, -0.05) is 11.6 Å². The fraction of sp³-hybridized carbons (Fsp3) is 0.312. The largest absolute Gasteiger partial charge is 0.493 e.